The Kier molecular flexibility index (Phi) is 7.36. The normalized spacial score (nSPS) is 18.5. The number of likely N-dealkylation sites (tertiary alicyclic amines) is 1. The molecule has 0 spiro atoms. The van der Waals surface area contributed by atoms with E-state index in [1.165, 1.54) is 12.1 Å². The van der Waals surface area contributed by atoms with Gasteiger partial charge in [0.05, 0.1) is 10.6 Å². The van der Waals surface area contributed by atoms with Gasteiger partial charge in [-0.3, -0.25) is 4.79 Å². The van der Waals surface area contributed by atoms with Crippen LogP contribution in [0.1, 0.15) is 26.2 Å². The van der Waals surface area contributed by atoms with Crippen LogP contribution >= 0.6 is 12.4 Å². The second kappa shape index (κ2) is 9.12. The lowest BCUT2D eigenvalue weighted by atomic mass is 9.91. The van der Waals surface area contributed by atoms with E-state index >= 15 is 0 Å². The van der Waals surface area contributed by atoms with Crippen LogP contribution in [0.15, 0.2) is 23.1 Å². The summed E-state index contributed by atoms with van der Waals surface area (Å²) in [5.74, 6) is 1.08. The molecule has 1 atom stereocenters. The van der Waals surface area contributed by atoms with Gasteiger partial charge in [-0.25, -0.2) is 8.42 Å². The van der Waals surface area contributed by atoms with Crippen molar-refractivity contribution in [3.63, 3.8) is 0 Å². The third kappa shape index (κ3) is 5.27. The number of amides is 1. The second-order valence-corrected chi connectivity index (χ2v) is 9.06. The second-order valence-electron chi connectivity index (χ2n) is 6.95. The largest absolute Gasteiger partial charge is 0.486 e. The van der Waals surface area contributed by atoms with Crippen LogP contribution < -0.4 is 15.2 Å². The first kappa shape index (κ1) is 21.8. The van der Waals surface area contributed by atoms with Crippen LogP contribution in [0.5, 0.6) is 11.5 Å². The first-order chi connectivity index (χ1) is 12.4. The zero-order valence-corrected chi connectivity index (χ0v) is 17.1. The molecule has 2 heterocycles. The Morgan fingerprint density at radius 2 is 1.85 bits per heavy atom. The van der Waals surface area contributed by atoms with Gasteiger partial charge in [0.2, 0.25) is 5.91 Å². The van der Waals surface area contributed by atoms with Crippen LogP contribution in [0, 0.1) is 5.92 Å². The minimum Gasteiger partial charge on any atom is -0.486 e. The summed E-state index contributed by atoms with van der Waals surface area (Å²) >= 11 is 0. The summed E-state index contributed by atoms with van der Waals surface area (Å²) in [5, 5.41) is 0. The highest BCUT2D eigenvalue weighted by Crippen LogP contribution is 2.32. The highest BCUT2D eigenvalue weighted by atomic mass is 35.5. The molecule has 152 valence electrons. The van der Waals surface area contributed by atoms with Crippen molar-refractivity contribution in [3.8, 4) is 11.5 Å². The summed E-state index contributed by atoms with van der Waals surface area (Å²) in [5.41, 5.74) is 5.92. The van der Waals surface area contributed by atoms with Crippen molar-refractivity contribution in [2.24, 2.45) is 11.7 Å². The van der Waals surface area contributed by atoms with Crippen molar-refractivity contribution >= 4 is 28.2 Å². The van der Waals surface area contributed by atoms with Crippen molar-refractivity contribution in [2.45, 2.75) is 37.1 Å². The fourth-order valence-corrected chi connectivity index (χ4v) is 4.63. The summed E-state index contributed by atoms with van der Waals surface area (Å²) < 4.78 is 36.0. The fourth-order valence-electron chi connectivity index (χ4n) is 3.39. The smallest absolute Gasteiger partial charge is 0.223 e. The standard InChI is InChI=1S/C18H26N2O5S.ClH/c1-13(19)14-4-7-20(8-5-14)18(21)6-11-26(22,23)15-2-3-16-17(12-15)25-10-9-24-16;/h2-3,12-14H,4-11,19H2,1H3;1H. The molecular formula is C18H27ClN2O5S. The molecule has 0 aliphatic carbocycles. The maximum absolute atomic E-state index is 12.6. The summed E-state index contributed by atoms with van der Waals surface area (Å²) in [7, 11) is -3.55. The molecule has 27 heavy (non-hydrogen) atoms. The highest BCUT2D eigenvalue weighted by molar-refractivity contribution is 7.91. The highest BCUT2D eigenvalue weighted by Gasteiger charge is 2.26. The monoisotopic (exact) mass is 418 g/mol. The molecule has 1 fully saturated rings. The molecular weight excluding hydrogens is 392 g/mol. The molecule has 0 aromatic heterocycles. The molecule has 3 rings (SSSR count). The van der Waals surface area contributed by atoms with Gasteiger partial charge >= 0.3 is 0 Å². The lowest BCUT2D eigenvalue weighted by Gasteiger charge is -2.33. The van der Waals surface area contributed by atoms with E-state index in [4.69, 9.17) is 15.2 Å². The number of piperidine rings is 1. The Bertz CT molecular complexity index is 761. The van der Waals surface area contributed by atoms with Gasteiger partial charge in [0, 0.05) is 31.6 Å². The maximum atomic E-state index is 12.6. The zero-order chi connectivity index (χ0) is 18.7. The molecule has 2 aliphatic heterocycles. The summed E-state index contributed by atoms with van der Waals surface area (Å²) in [6.45, 7) is 4.13. The first-order valence-electron chi connectivity index (χ1n) is 9.02. The van der Waals surface area contributed by atoms with Crippen LogP contribution in [0.2, 0.25) is 0 Å². The number of hydrogen-bond donors (Lipinski definition) is 1. The molecule has 2 aliphatic rings. The predicted molar refractivity (Wildman–Crippen MR) is 104 cm³/mol. The van der Waals surface area contributed by atoms with Crippen molar-refractivity contribution in [1.29, 1.82) is 0 Å². The molecule has 1 saturated heterocycles. The van der Waals surface area contributed by atoms with Crippen molar-refractivity contribution in [1.82, 2.24) is 4.90 Å². The number of benzene rings is 1. The number of carbonyl (C=O) groups excluding carboxylic acids is 1. The lowest BCUT2D eigenvalue weighted by molar-refractivity contribution is -0.132. The predicted octanol–water partition coefficient (Wildman–Crippen LogP) is 1.63. The van der Waals surface area contributed by atoms with Gasteiger partial charge in [-0.15, -0.1) is 12.4 Å². The number of halogens is 1. The average molecular weight is 419 g/mol. The SMILES string of the molecule is CC(N)C1CCN(C(=O)CCS(=O)(=O)c2ccc3c(c2)OCCO3)CC1.Cl. The number of hydrogen-bond acceptors (Lipinski definition) is 6. The van der Waals surface area contributed by atoms with E-state index in [1.54, 1.807) is 11.0 Å². The summed E-state index contributed by atoms with van der Waals surface area (Å²) in [6.07, 6.45) is 1.73. The third-order valence-electron chi connectivity index (χ3n) is 5.09. The van der Waals surface area contributed by atoms with Crippen LogP contribution in [0.25, 0.3) is 0 Å². The van der Waals surface area contributed by atoms with Gasteiger partial charge in [0.25, 0.3) is 0 Å². The van der Waals surface area contributed by atoms with Crippen LogP contribution in [0.3, 0.4) is 0 Å². The summed E-state index contributed by atoms with van der Waals surface area (Å²) in [4.78, 5) is 14.3. The molecule has 0 saturated carbocycles. The average Bonchev–Trinajstić information content (AvgIpc) is 2.65. The van der Waals surface area contributed by atoms with E-state index in [1.807, 2.05) is 6.92 Å². The number of nitrogens with two attached hydrogens (primary N) is 1. The molecule has 7 nitrogen and oxygen atoms in total. The van der Waals surface area contributed by atoms with E-state index in [0.717, 1.165) is 12.8 Å². The Balaban J connectivity index is 0.00000261. The fraction of sp³-hybridized carbons (Fsp3) is 0.611. The molecule has 1 unspecified atom stereocenters. The van der Waals surface area contributed by atoms with E-state index in [-0.39, 0.29) is 41.4 Å². The number of fused-ring (bicyclic) bond motifs is 1. The van der Waals surface area contributed by atoms with E-state index in [9.17, 15) is 13.2 Å². The van der Waals surface area contributed by atoms with E-state index < -0.39 is 9.84 Å². The van der Waals surface area contributed by atoms with E-state index in [2.05, 4.69) is 0 Å². The Hall–Kier alpha value is -1.51. The topological polar surface area (TPSA) is 98.9 Å². The number of rotatable bonds is 5. The summed E-state index contributed by atoms with van der Waals surface area (Å²) in [6, 6.07) is 4.70. The number of ether oxygens (including phenoxy) is 2. The van der Waals surface area contributed by atoms with Gasteiger partial charge in [0.1, 0.15) is 13.2 Å². The van der Waals surface area contributed by atoms with Crippen molar-refractivity contribution in [2.75, 3.05) is 32.1 Å². The number of carbonyl (C=O) groups is 1. The van der Waals surface area contributed by atoms with Crippen LogP contribution in [-0.2, 0) is 14.6 Å². The number of sulfone groups is 1. The minimum atomic E-state index is -3.55. The molecule has 1 aromatic carbocycles. The van der Waals surface area contributed by atoms with Crippen molar-refractivity contribution < 1.29 is 22.7 Å². The molecule has 0 radical (unpaired) electrons. The maximum Gasteiger partial charge on any atom is 0.223 e. The molecule has 2 N–H and O–H groups in total. The first-order valence-corrected chi connectivity index (χ1v) is 10.7. The zero-order valence-electron chi connectivity index (χ0n) is 15.4. The van der Waals surface area contributed by atoms with Gasteiger partial charge in [-0.2, -0.15) is 0 Å². The van der Waals surface area contributed by atoms with Gasteiger partial charge in [0.15, 0.2) is 21.3 Å². The molecule has 9 heteroatoms. The van der Waals surface area contributed by atoms with Crippen LogP contribution in [-0.4, -0.2) is 57.3 Å². The minimum absolute atomic E-state index is 0. The van der Waals surface area contributed by atoms with Crippen molar-refractivity contribution in [3.05, 3.63) is 18.2 Å². The molecule has 1 amide bonds. The van der Waals surface area contributed by atoms with E-state index in [0.29, 0.717) is 43.7 Å². The Morgan fingerprint density at radius 3 is 2.48 bits per heavy atom. The number of nitrogens with zero attached hydrogens (tertiary/aromatic N) is 1. The van der Waals surface area contributed by atoms with Gasteiger partial charge < -0.3 is 20.1 Å². The van der Waals surface area contributed by atoms with Gasteiger partial charge in [-0.1, -0.05) is 0 Å². The van der Waals surface area contributed by atoms with Gasteiger partial charge in [-0.05, 0) is 37.8 Å². The molecule has 1 aromatic rings. The molecule has 0 bridgehead atoms. The lowest BCUT2D eigenvalue weighted by Crippen LogP contribution is -2.42. The Morgan fingerprint density at radius 1 is 1.22 bits per heavy atom. The Labute approximate surface area is 166 Å². The van der Waals surface area contributed by atoms with Crippen LogP contribution in [0.4, 0.5) is 0 Å². The third-order valence-corrected chi connectivity index (χ3v) is 6.81. The quantitative estimate of drug-likeness (QED) is 0.780.